The van der Waals surface area contributed by atoms with Gasteiger partial charge in [0.15, 0.2) is 11.5 Å². The van der Waals surface area contributed by atoms with Gasteiger partial charge < -0.3 is 9.47 Å². The summed E-state index contributed by atoms with van der Waals surface area (Å²) in [5.74, 6) is 1.11. The van der Waals surface area contributed by atoms with Crippen LogP contribution in [0.5, 0.6) is 11.5 Å². The van der Waals surface area contributed by atoms with Gasteiger partial charge >= 0.3 is 0 Å². The van der Waals surface area contributed by atoms with Crippen LogP contribution in [0.3, 0.4) is 0 Å². The van der Waals surface area contributed by atoms with Crippen LogP contribution in [0.1, 0.15) is 4.88 Å². The highest BCUT2D eigenvalue weighted by molar-refractivity contribution is 7.89. The van der Waals surface area contributed by atoms with Crippen LogP contribution >= 0.6 is 11.5 Å². The summed E-state index contributed by atoms with van der Waals surface area (Å²) in [6, 6.07) is 9.12. The molecule has 0 amide bonds. The molecule has 1 unspecified atom stereocenters. The number of nitrogens with one attached hydrogen (secondary N) is 1. The van der Waals surface area contributed by atoms with Crippen molar-refractivity contribution in [2.45, 2.75) is 12.5 Å². The lowest BCUT2D eigenvalue weighted by molar-refractivity contribution is 0.106. The zero-order valence-corrected chi connectivity index (χ0v) is 13.4. The van der Waals surface area contributed by atoms with Gasteiger partial charge in [0.25, 0.3) is 0 Å². The zero-order valence-electron chi connectivity index (χ0n) is 11.8. The van der Waals surface area contributed by atoms with Gasteiger partial charge in [-0.15, -0.1) is 0 Å². The Kier molecular flexibility index (Phi) is 4.60. The molecule has 1 N–H and O–H groups in total. The number of hydrogen-bond acceptors (Lipinski definition) is 6. The number of rotatable bonds is 6. The van der Waals surface area contributed by atoms with E-state index in [9.17, 15) is 8.42 Å². The molecule has 8 heteroatoms. The van der Waals surface area contributed by atoms with Crippen LogP contribution in [0.15, 0.2) is 36.5 Å². The van der Waals surface area contributed by atoms with Gasteiger partial charge in [0.05, 0.1) is 0 Å². The summed E-state index contributed by atoms with van der Waals surface area (Å²) in [4.78, 5) is 1.05. The molecule has 1 aliphatic rings. The van der Waals surface area contributed by atoms with Crippen LogP contribution in [0, 0.1) is 0 Å². The molecule has 0 bridgehead atoms. The Morgan fingerprint density at radius 2 is 2.09 bits per heavy atom. The molecule has 2 heterocycles. The van der Waals surface area contributed by atoms with Gasteiger partial charge in [-0.25, -0.2) is 17.5 Å². The van der Waals surface area contributed by atoms with Gasteiger partial charge in [-0.2, -0.15) is 0 Å². The SMILES string of the molecule is O=S(=O)(CC1COc2ccccc2O1)NCCc1ccns1. The van der Waals surface area contributed by atoms with E-state index in [1.807, 2.05) is 18.2 Å². The molecule has 0 radical (unpaired) electrons. The Balaban J connectivity index is 1.52. The predicted molar refractivity (Wildman–Crippen MR) is 84.0 cm³/mol. The number of sulfonamides is 1. The summed E-state index contributed by atoms with van der Waals surface area (Å²) in [6.45, 7) is 0.585. The number of para-hydroxylation sites is 2. The lowest BCUT2D eigenvalue weighted by Crippen LogP contribution is -2.40. The quantitative estimate of drug-likeness (QED) is 0.861. The van der Waals surface area contributed by atoms with Crippen molar-refractivity contribution in [3.05, 3.63) is 41.4 Å². The fraction of sp³-hybridized carbons (Fsp3) is 0.357. The summed E-state index contributed by atoms with van der Waals surface area (Å²) < 4.78 is 41.9. The Morgan fingerprint density at radius 1 is 1.27 bits per heavy atom. The Hall–Kier alpha value is -1.64. The zero-order chi connectivity index (χ0) is 15.4. The summed E-state index contributed by atoms with van der Waals surface area (Å²) in [6.07, 6.45) is 1.84. The van der Waals surface area contributed by atoms with Crippen LogP contribution in [0.25, 0.3) is 0 Å². The number of ether oxygens (including phenoxy) is 2. The van der Waals surface area contributed by atoms with Crippen LogP contribution in [0.4, 0.5) is 0 Å². The Morgan fingerprint density at radius 3 is 2.86 bits per heavy atom. The molecule has 6 nitrogen and oxygen atoms in total. The molecular formula is C14H16N2O4S2. The molecule has 0 aliphatic carbocycles. The number of fused-ring (bicyclic) bond motifs is 1. The minimum absolute atomic E-state index is 0.121. The topological polar surface area (TPSA) is 77.5 Å². The van der Waals surface area contributed by atoms with Crippen LogP contribution in [0.2, 0.25) is 0 Å². The third-order valence-corrected chi connectivity index (χ3v) is 5.41. The highest BCUT2D eigenvalue weighted by Crippen LogP contribution is 2.31. The maximum Gasteiger partial charge on any atom is 0.215 e. The van der Waals surface area contributed by atoms with Crippen LogP contribution in [-0.4, -0.2) is 37.8 Å². The van der Waals surface area contributed by atoms with E-state index in [-0.39, 0.29) is 12.4 Å². The minimum atomic E-state index is -3.41. The molecule has 2 aromatic rings. The molecular weight excluding hydrogens is 324 g/mol. The molecule has 1 aromatic carbocycles. The highest BCUT2D eigenvalue weighted by atomic mass is 32.2. The lowest BCUT2D eigenvalue weighted by atomic mass is 10.3. The second kappa shape index (κ2) is 6.64. The first-order valence-corrected chi connectivity index (χ1v) is 9.30. The van der Waals surface area contributed by atoms with Gasteiger partial charge in [-0.1, -0.05) is 12.1 Å². The largest absolute Gasteiger partial charge is 0.486 e. The van der Waals surface area contributed by atoms with Gasteiger partial charge in [0.1, 0.15) is 18.5 Å². The molecule has 0 saturated carbocycles. The number of nitrogens with zero attached hydrogens (tertiary/aromatic N) is 1. The third kappa shape index (κ3) is 3.96. The van der Waals surface area contributed by atoms with Crippen molar-refractivity contribution in [1.29, 1.82) is 0 Å². The maximum atomic E-state index is 12.1. The first-order valence-electron chi connectivity index (χ1n) is 6.88. The summed E-state index contributed by atoms with van der Waals surface area (Å²) >= 11 is 1.37. The van der Waals surface area contributed by atoms with Crippen molar-refractivity contribution in [3.63, 3.8) is 0 Å². The number of aromatic nitrogens is 1. The van der Waals surface area contributed by atoms with Gasteiger partial charge in [-0.3, -0.25) is 0 Å². The predicted octanol–water partition coefficient (Wildman–Crippen LogP) is 1.44. The average molecular weight is 340 g/mol. The summed E-state index contributed by atoms with van der Waals surface area (Å²) in [5, 5.41) is 0. The van der Waals surface area contributed by atoms with E-state index < -0.39 is 16.1 Å². The van der Waals surface area contributed by atoms with E-state index >= 15 is 0 Å². The smallest absolute Gasteiger partial charge is 0.215 e. The van der Waals surface area contributed by atoms with Gasteiger partial charge in [0, 0.05) is 17.6 Å². The van der Waals surface area contributed by atoms with Crippen molar-refractivity contribution < 1.29 is 17.9 Å². The molecule has 1 aromatic heterocycles. The van der Waals surface area contributed by atoms with Crippen molar-refractivity contribution in [3.8, 4) is 11.5 Å². The van der Waals surface area contributed by atoms with E-state index in [1.54, 1.807) is 18.3 Å². The van der Waals surface area contributed by atoms with Gasteiger partial charge in [-0.05, 0) is 36.2 Å². The van der Waals surface area contributed by atoms with E-state index in [2.05, 4.69) is 9.10 Å². The molecule has 3 rings (SSSR count). The fourth-order valence-corrected chi connectivity index (χ4v) is 3.91. The molecule has 0 saturated heterocycles. The normalized spacial score (nSPS) is 17.4. The molecule has 22 heavy (non-hydrogen) atoms. The monoisotopic (exact) mass is 340 g/mol. The molecule has 1 atom stereocenters. The molecule has 118 valence electrons. The van der Waals surface area contributed by atoms with E-state index in [0.717, 1.165) is 4.88 Å². The standard InChI is InChI=1S/C14H16N2O4S2/c17-22(18,16-8-6-12-5-7-15-21-12)10-11-9-19-13-3-1-2-4-14(13)20-11/h1-5,7,11,16H,6,8-10H2. The molecule has 1 aliphatic heterocycles. The van der Waals surface area contributed by atoms with Crippen molar-refractivity contribution in [2.75, 3.05) is 18.9 Å². The highest BCUT2D eigenvalue weighted by Gasteiger charge is 2.26. The second-order valence-corrected chi connectivity index (χ2v) is 7.67. The van der Waals surface area contributed by atoms with E-state index in [0.29, 0.717) is 24.5 Å². The fourth-order valence-electron chi connectivity index (χ4n) is 2.15. The second-order valence-electron chi connectivity index (χ2n) is 4.90. The minimum Gasteiger partial charge on any atom is -0.486 e. The van der Waals surface area contributed by atoms with E-state index in [1.165, 1.54) is 11.5 Å². The van der Waals surface area contributed by atoms with Crippen molar-refractivity contribution in [2.24, 2.45) is 0 Å². The van der Waals surface area contributed by atoms with Crippen molar-refractivity contribution >= 4 is 21.6 Å². The van der Waals surface area contributed by atoms with Gasteiger partial charge in [0.2, 0.25) is 10.0 Å². The van der Waals surface area contributed by atoms with Crippen LogP contribution < -0.4 is 14.2 Å². The van der Waals surface area contributed by atoms with E-state index in [4.69, 9.17) is 9.47 Å². The molecule has 0 fully saturated rings. The summed E-state index contributed by atoms with van der Waals surface area (Å²) in [5.41, 5.74) is 0. The lowest BCUT2D eigenvalue weighted by Gasteiger charge is -2.26. The Labute approximate surface area is 133 Å². The first-order chi connectivity index (χ1) is 10.6. The Bertz CT molecular complexity index is 716. The van der Waals surface area contributed by atoms with Crippen LogP contribution in [-0.2, 0) is 16.4 Å². The first kappa shape index (κ1) is 15.3. The average Bonchev–Trinajstić information content (AvgIpc) is 3.00. The summed E-state index contributed by atoms with van der Waals surface area (Å²) in [7, 11) is -3.41. The van der Waals surface area contributed by atoms with Crippen molar-refractivity contribution in [1.82, 2.24) is 9.10 Å². The number of benzene rings is 1. The molecule has 0 spiro atoms. The third-order valence-electron chi connectivity index (χ3n) is 3.16. The maximum absolute atomic E-state index is 12.1. The number of hydrogen-bond donors (Lipinski definition) is 1.